The van der Waals surface area contributed by atoms with Crippen molar-refractivity contribution in [1.82, 2.24) is 0 Å². The predicted octanol–water partition coefficient (Wildman–Crippen LogP) is 5.01. The average Bonchev–Trinajstić information content (AvgIpc) is 2.39. The van der Waals surface area contributed by atoms with Crippen LogP contribution in [0.2, 0.25) is 10.0 Å². The average molecular weight is 360 g/mol. The first-order valence-corrected chi connectivity index (χ1v) is 7.50. The molecule has 0 saturated carbocycles. The lowest BCUT2D eigenvalue weighted by Crippen LogP contribution is -2.35. The molecule has 4 heteroatoms. The molecule has 0 spiro atoms. The minimum Gasteiger partial charge on any atom is -0.379 e. The van der Waals surface area contributed by atoms with Crippen molar-refractivity contribution in [2.45, 2.75) is 17.4 Å². The molecule has 2 rings (SSSR count). The molecule has 2 aromatic rings. The van der Waals surface area contributed by atoms with Crippen LogP contribution in [0.15, 0.2) is 48.5 Å². The Morgan fingerprint density at radius 1 is 0.895 bits per heavy atom. The molecule has 2 aromatic carbocycles. The number of aliphatic hydroxyl groups is 1. The van der Waals surface area contributed by atoms with Crippen molar-refractivity contribution in [2.75, 3.05) is 0 Å². The third-order valence-electron chi connectivity index (χ3n) is 3.14. The van der Waals surface area contributed by atoms with Gasteiger partial charge in [-0.1, -0.05) is 63.4 Å². The summed E-state index contributed by atoms with van der Waals surface area (Å²) in [5, 5.41) is 12.4. The SMILES string of the molecule is CC(Br)C(O)(c1ccc(Cl)cc1)c1ccc(Cl)cc1. The van der Waals surface area contributed by atoms with E-state index in [-0.39, 0.29) is 4.83 Å². The monoisotopic (exact) mass is 358 g/mol. The van der Waals surface area contributed by atoms with Gasteiger partial charge in [0.15, 0.2) is 0 Å². The Morgan fingerprint density at radius 3 is 1.47 bits per heavy atom. The Hall–Kier alpha value is -0.540. The molecule has 0 aliphatic carbocycles. The second-order valence-electron chi connectivity index (χ2n) is 4.40. The second-order valence-corrected chi connectivity index (χ2v) is 6.64. The quantitative estimate of drug-likeness (QED) is 0.763. The first kappa shape index (κ1) is 14.9. The molecule has 0 saturated heterocycles. The van der Waals surface area contributed by atoms with E-state index in [0.717, 1.165) is 11.1 Å². The van der Waals surface area contributed by atoms with Gasteiger partial charge in [-0.3, -0.25) is 0 Å². The van der Waals surface area contributed by atoms with Crippen molar-refractivity contribution < 1.29 is 5.11 Å². The fraction of sp³-hybridized carbons (Fsp3) is 0.200. The van der Waals surface area contributed by atoms with E-state index < -0.39 is 5.60 Å². The van der Waals surface area contributed by atoms with E-state index in [1.54, 1.807) is 24.3 Å². The topological polar surface area (TPSA) is 20.2 Å². The van der Waals surface area contributed by atoms with Crippen LogP contribution in [-0.4, -0.2) is 9.93 Å². The summed E-state index contributed by atoms with van der Waals surface area (Å²) in [6, 6.07) is 14.4. The first-order valence-electron chi connectivity index (χ1n) is 5.83. The highest BCUT2D eigenvalue weighted by Gasteiger charge is 2.36. The predicted molar refractivity (Wildman–Crippen MR) is 84.3 cm³/mol. The zero-order valence-electron chi connectivity index (χ0n) is 10.3. The van der Waals surface area contributed by atoms with Gasteiger partial charge in [0, 0.05) is 14.9 Å². The summed E-state index contributed by atoms with van der Waals surface area (Å²) in [6.45, 7) is 1.91. The van der Waals surface area contributed by atoms with Gasteiger partial charge in [0.1, 0.15) is 5.60 Å². The number of alkyl halides is 1. The minimum absolute atomic E-state index is 0.164. The summed E-state index contributed by atoms with van der Waals surface area (Å²) < 4.78 is 0. The maximum absolute atomic E-state index is 11.1. The highest BCUT2D eigenvalue weighted by atomic mass is 79.9. The van der Waals surface area contributed by atoms with Gasteiger partial charge in [0.25, 0.3) is 0 Å². The molecule has 0 fully saturated rings. The molecule has 0 amide bonds. The number of hydrogen-bond donors (Lipinski definition) is 1. The number of hydrogen-bond acceptors (Lipinski definition) is 1. The van der Waals surface area contributed by atoms with Gasteiger partial charge in [-0.05, 0) is 42.3 Å². The number of halogens is 3. The number of benzene rings is 2. The standard InChI is InChI=1S/C15H13BrCl2O/c1-10(16)15(19,11-2-6-13(17)7-3-11)12-4-8-14(18)9-5-12/h2-10,19H,1H3. The smallest absolute Gasteiger partial charge is 0.127 e. The molecule has 1 unspecified atom stereocenters. The van der Waals surface area contributed by atoms with E-state index in [1.807, 2.05) is 31.2 Å². The first-order chi connectivity index (χ1) is 8.94. The van der Waals surface area contributed by atoms with Gasteiger partial charge in [-0.25, -0.2) is 0 Å². The Bertz CT molecular complexity index is 504. The van der Waals surface area contributed by atoms with Crippen LogP contribution < -0.4 is 0 Å². The van der Waals surface area contributed by atoms with Crippen LogP contribution >= 0.6 is 39.1 Å². The van der Waals surface area contributed by atoms with Crippen LogP contribution in [0, 0.1) is 0 Å². The molecule has 1 nitrogen and oxygen atoms in total. The van der Waals surface area contributed by atoms with Crippen molar-refractivity contribution in [2.24, 2.45) is 0 Å². The van der Waals surface area contributed by atoms with Crippen LogP contribution in [0.25, 0.3) is 0 Å². The Kier molecular flexibility index (Phi) is 4.57. The highest BCUT2D eigenvalue weighted by Crippen LogP contribution is 2.37. The Morgan fingerprint density at radius 2 is 1.21 bits per heavy atom. The van der Waals surface area contributed by atoms with Crippen molar-refractivity contribution in [3.05, 3.63) is 69.7 Å². The summed E-state index contributed by atoms with van der Waals surface area (Å²) in [7, 11) is 0. The summed E-state index contributed by atoms with van der Waals surface area (Å²) in [4.78, 5) is -0.164. The van der Waals surface area contributed by atoms with E-state index in [0.29, 0.717) is 10.0 Å². The normalized spacial score (nSPS) is 13.3. The third kappa shape index (κ3) is 2.97. The molecule has 0 aromatic heterocycles. The summed E-state index contributed by atoms with van der Waals surface area (Å²) in [5.74, 6) is 0. The fourth-order valence-corrected chi connectivity index (χ4v) is 2.81. The van der Waals surface area contributed by atoms with E-state index in [9.17, 15) is 5.11 Å². The Balaban J connectivity index is 2.54. The largest absolute Gasteiger partial charge is 0.379 e. The molecule has 0 aliphatic rings. The Labute approximate surface area is 131 Å². The zero-order valence-corrected chi connectivity index (χ0v) is 13.4. The molecule has 0 heterocycles. The molecule has 0 aliphatic heterocycles. The second kappa shape index (κ2) is 5.84. The minimum atomic E-state index is -1.13. The van der Waals surface area contributed by atoms with Crippen LogP contribution in [0.4, 0.5) is 0 Å². The lowest BCUT2D eigenvalue weighted by molar-refractivity contribution is 0.0845. The van der Waals surface area contributed by atoms with Crippen molar-refractivity contribution in [1.29, 1.82) is 0 Å². The molecule has 1 N–H and O–H groups in total. The van der Waals surface area contributed by atoms with Crippen molar-refractivity contribution >= 4 is 39.1 Å². The van der Waals surface area contributed by atoms with Crippen molar-refractivity contribution in [3.63, 3.8) is 0 Å². The lowest BCUT2D eigenvalue weighted by atomic mass is 9.84. The van der Waals surface area contributed by atoms with Crippen molar-refractivity contribution in [3.8, 4) is 0 Å². The summed E-state index contributed by atoms with van der Waals surface area (Å²) >= 11 is 15.3. The maximum Gasteiger partial charge on any atom is 0.127 e. The molecular formula is C15H13BrCl2O. The lowest BCUT2D eigenvalue weighted by Gasteiger charge is -2.32. The van der Waals surface area contributed by atoms with E-state index in [4.69, 9.17) is 23.2 Å². The summed E-state index contributed by atoms with van der Waals surface area (Å²) in [6.07, 6.45) is 0. The van der Waals surface area contributed by atoms with Crippen LogP contribution in [0.5, 0.6) is 0 Å². The maximum atomic E-state index is 11.1. The molecule has 0 radical (unpaired) electrons. The zero-order chi connectivity index (χ0) is 14.0. The number of rotatable bonds is 3. The molecule has 0 bridgehead atoms. The van der Waals surface area contributed by atoms with Crippen LogP contribution in [0.3, 0.4) is 0 Å². The summed E-state index contributed by atoms with van der Waals surface area (Å²) in [5.41, 5.74) is 0.432. The highest BCUT2D eigenvalue weighted by molar-refractivity contribution is 9.09. The van der Waals surface area contributed by atoms with E-state index in [2.05, 4.69) is 15.9 Å². The van der Waals surface area contributed by atoms with E-state index in [1.165, 1.54) is 0 Å². The molecule has 1 atom stereocenters. The van der Waals surface area contributed by atoms with Crippen LogP contribution in [0.1, 0.15) is 18.1 Å². The van der Waals surface area contributed by atoms with Gasteiger partial charge in [0.05, 0.1) is 0 Å². The molecule has 19 heavy (non-hydrogen) atoms. The van der Waals surface area contributed by atoms with Gasteiger partial charge >= 0.3 is 0 Å². The van der Waals surface area contributed by atoms with Gasteiger partial charge < -0.3 is 5.11 Å². The van der Waals surface area contributed by atoms with Gasteiger partial charge in [-0.2, -0.15) is 0 Å². The van der Waals surface area contributed by atoms with Gasteiger partial charge in [-0.15, -0.1) is 0 Å². The van der Waals surface area contributed by atoms with Gasteiger partial charge in [0.2, 0.25) is 0 Å². The van der Waals surface area contributed by atoms with Crippen LogP contribution in [-0.2, 0) is 5.60 Å². The molecular weight excluding hydrogens is 347 g/mol. The van der Waals surface area contributed by atoms with E-state index >= 15 is 0 Å². The third-order valence-corrected chi connectivity index (χ3v) is 4.31. The molecule has 100 valence electrons. The fourth-order valence-electron chi connectivity index (χ4n) is 2.03.